The number of hydrogen-bond donors (Lipinski definition) is 3. The highest BCUT2D eigenvalue weighted by Gasteiger charge is 2.46. The predicted octanol–water partition coefficient (Wildman–Crippen LogP) is 15.1. The van der Waals surface area contributed by atoms with E-state index in [1.54, 1.807) is 0 Å². The average molecular weight is 1250 g/mol. The molecule has 1 saturated heterocycles. The molecule has 0 aliphatic carbocycles. The summed E-state index contributed by atoms with van der Waals surface area (Å²) in [5.74, 6) is -1.61. The fraction of sp³-hybridized carbons (Fsp3) is 0.931. The van der Waals surface area contributed by atoms with Crippen LogP contribution in [-0.2, 0) is 47.7 Å². The summed E-state index contributed by atoms with van der Waals surface area (Å²) in [6, 6.07) is 0. The molecule has 0 aromatic rings. The topological polar surface area (TPSA) is 202 Å². The summed E-state index contributed by atoms with van der Waals surface area (Å²) in [6.07, 6.45) is 44.7. The van der Waals surface area contributed by atoms with Gasteiger partial charge in [0, 0.05) is 51.9 Å². The number of likely N-dealkylation sites (N-methyl/N-ethyl adjacent to an activating group) is 1. The SMILES string of the molecule is CCCCCCCCCOC(=O)CCCCCCCCN(CCCCCCCCC(=O)OCCCCCCCCC)CCN(C)CCN(CCCCCCCCC(=O)OCCCCCCCCC)CCCCCCC(=O)OCC(O)C1OC(=O)C(O)C1O. The summed E-state index contributed by atoms with van der Waals surface area (Å²) < 4.78 is 26.6. The van der Waals surface area contributed by atoms with E-state index >= 15 is 0 Å². The molecule has 16 nitrogen and oxygen atoms in total. The smallest absolute Gasteiger partial charge is 0.338 e. The minimum Gasteiger partial charge on any atom is -0.466 e. The van der Waals surface area contributed by atoms with Crippen molar-refractivity contribution >= 4 is 29.8 Å². The lowest BCUT2D eigenvalue weighted by Gasteiger charge is -2.28. The van der Waals surface area contributed by atoms with Gasteiger partial charge in [-0.15, -0.1) is 0 Å². The van der Waals surface area contributed by atoms with Gasteiger partial charge in [-0.1, -0.05) is 226 Å². The van der Waals surface area contributed by atoms with E-state index in [1.165, 1.54) is 135 Å². The van der Waals surface area contributed by atoms with Crippen molar-refractivity contribution in [2.45, 2.75) is 347 Å². The van der Waals surface area contributed by atoms with E-state index in [-0.39, 0.29) is 24.3 Å². The molecule has 0 amide bonds. The van der Waals surface area contributed by atoms with Gasteiger partial charge in [0.25, 0.3) is 0 Å². The van der Waals surface area contributed by atoms with Crippen LogP contribution in [0.2, 0.25) is 0 Å². The maximum atomic E-state index is 12.5. The Bertz CT molecular complexity index is 1580. The van der Waals surface area contributed by atoms with Crippen molar-refractivity contribution in [1.82, 2.24) is 14.7 Å². The molecule has 4 unspecified atom stereocenters. The number of aliphatic hydroxyl groups is 3. The molecule has 1 aliphatic heterocycles. The van der Waals surface area contributed by atoms with Crippen LogP contribution in [0, 0.1) is 0 Å². The highest BCUT2D eigenvalue weighted by atomic mass is 16.6. The fourth-order valence-electron chi connectivity index (χ4n) is 11.5. The Labute approximate surface area is 538 Å². The van der Waals surface area contributed by atoms with Crippen molar-refractivity contribution in [3.63, 3.8) is 0 Å². The predicted molar refractivity (Wildman–Crippen MR) is 356 cm³/mol. The molecule has 1 aliphatic rings. The summed E-state index contributed by atoms with van der Waals surface area (Å²) in [5, 5.41) is 29.9. The summed E-state index contributed by atoms with van der Waals surface area (Å²) in [5.41, 5.74) is 0. The van der Waals surface area contributed by atoms with Gasteiger partial charge in [0.1, 0.15) is 18.8 Å². The second kappa shape index (κ2) is 61.6. The lowest BCUT2D eigenvalue weighted by atomic mass is 10.1. The first kappa shape index (κ1) is 83.1. The molecule has 0 aromatic heterocycles. The number of cyclic esters (lactones) is 1. The van der Waals surface area contributed by atoms with Crippen LogP contribution in [0.5, 0.6) is 0 Å². The van der Waals surface area contributed by atoms with E-state index < -0.39 is 43.0 Å². The number of aliphatic hydroxyl groups excluding tert-OH is 3. The van der Waals surface area contributed by atoms with Crippen molar-refractivity contribution < 1.29 is 63.0 Å². The van der Waals surface area contributed by atoms with Crippen LogP contribution in [0.25, 0.3) is 0 Å². The largest absolute Gasteiger partial charge is 0.466 e. The van der Waals surface area contributed by atoms with Crippen molar-refractivity contribution in [2.75, 3.05) is 85.8 Å². The van der Waals surface area contributed by atoms with Crippen LogP contribution < -0.4 is 0 Å². The first-order chi connectivity index (χ1) is 42.9. The minimum absolute atomic E-state index is 0.0392. The molecule has 0 bridgehead atoms. The number of carbonyl (C=O) groups is 5. The van der Waals surface area contributed by atoms with E-state index in [0.29, 0.717) is 45.5 Å². The highest BCUT2D eigenvalue weighted by molar-refractivity contribution is 5.78. The van der Waals surface area contributed by atoms with E-state index in [2.05, 4.69) is 42.5 Å². The minimum atomic E-state index is -1.72. The lowest BCUT2D eigenvalue weighted by molar-refractivity contribution is -0.156. The van der Waals surface area contributed by atoms with Gasteiger partial charge < -0.3 is 53.7 Å². The summed E-state index contributed by atoms with van der Waals surface area (Å²) in [6.45, 7) is 16.2. The van der Waals surface area contributed by atoms with Gasteiger partial charge in [0.2, 0.25) is 0 Å². The average Bonchev–Trinajstić information content (AvgIpc) is 3.52. The van der Waals surface area contributed by atoms with Gasteiger partial charge in [-0.25, -0.2) is 4.79 Å². The van der Waals surface area contributed by atoms with Crippen LogP contribution in [-0.4, -0.2) is 170 Å². The van der Waals surface area contributed by atoms with Gasteiger partial charge in [0.05, 0.1) is 19.8 Å². The van der Waals surface area contributed by atoms with Crippen LogP contribution >= 0.6 is 0 Å². The monoisotopic (exact) mass is 1250 g/mol. The van der Waals surface area contributed by atoms with Gasteiger partial charge in [-0.3, -0.25) is 19.2 Å². The van der Waals surface area contributed by atoms with Gasteiger partial charge in [-0.05, 0) is 104 Å². The van der Waals surface area contributed by atoms with Crippen LogP contribution in [0.4, 0.5) is 0 Å². The van der Waals surface area contributed by atoms with Crippen LogP contribution in [0.3, 0.4) is 0 Å². The molecule has 4 atom stereocenters. The third-order valence-electron chi connectivity index (χ3n) is 17.5. The molecule has 1 heterocycles. The quantitative estimate of drug-likeness (QED) is 0.0295. The Hall–Kier alpha value is -2.89. The Morgan fingerprint density at radius 2 is 0.636 bits per heavy atom. The summed E-state index contributed by atoms with van der Waals surface area (Å²) >= 11 is 0. The molecule has 0 spiro atoms. The number of esters is 5. The number of unbranched alkanes of at least 4 members (excludes halogenated alkanes) is 36. The number of ether oxygens (including phenoxy) is 5. The number of rotatable bonds is 67. The van der Waals surface area contributed by atoms with Crippen LogP contribution in [0.15, 0.2) is 0 Å². The van der Waals surface area contributed by atoms with Crippen molar-refractivity contribution in [3.8, 4) is 0 Å². The molecule has 0 saturated carbocycles. The van der Waals surface area contributed by atoms with E-state index in [1.807, 2.05) is 0 Å². The third kappa shape index (κ3) is 51.7. The second-order valence-corrected chi connectivity index (χ2v) is 25.9. The van der Waals surface area contributed by atoms with Crippen molar-refractivity contribution in [1.29, 1.82) is 0 Å². The maximum absolute atomic E-state index is 12.5. The Morgan fingerprint density at radius 3 is 0.920 bits per heavy atom. The van der Waals surface area contributed by atoms with Gasteiger partial charge >= 0.3 is 29.8 Å². The molecule has 518 valence electrons. The van der Waals surface area contributed by atoms with Crippen molar-refractivity contribution in [3.05, 3.63) is 0 Å². The second-order valence-electron chi connectivity index (χ2n) is 25.9. The molecule has 1 rings (SSSR count). The van der Waals surface area contributed by atoms with Crippen LogP contribution in [0.1, 0.15) is 323 Å². The lowest BCUT2D eigenvalue weighted by Crippen LogP contribution is -2.41. The van der Waals surface area contributed by atoms with E-state index in [4.69, 9.17) is 23.7 Å². The molecule has 3 N–H and O–H groups in total. The molecular weight excluding hydrogens is 1110 g/mol. The standard InChI is InChI=1S/C72H137N3O13/c1-5-8-11-14-23-34-45-60-84-65(77)48-37-26-17-20-30-41-52-74(53-42-31-21-18-27-38-49-66(78)85-61-46-35-24-15-12-9-6-2)58-56-73(4)57-59-75(54-43-32-22-19-28-39-50-67(79)86-62-47-36-25-16-13-10-7-3)55-44-33-29-40-51-68(80)87-63-64(76)71-69(81)70(82)72(83)88-71/h64,69-71,76,81-82H,5-63H2,1-4H3. The zero-order valence-corrected chi connectivity index (χ0v) is 57.3. The maximum Gasteiger partial charge on any atom is 0.338 e. The Balaban J connectivity index is 2.65. The highest BCUT2D eigenvalue weighted by Crippen LogP contribution is 2.20. The summed E-state index contributed by atoms with van der Waals surface area (Å²) in [4.78, 5) is 68.7. The number of hydrogen-bond acceptors (Lipinski definition) is 16. The van der Waals surface area contributed by atoms with Gasteiger partial charge in [0.15, 0.2) is 12.2 Å². The first-order valence-electron chi connectivity index (χ1n) is 36.9. The summed E-state index contributed by atoms with van der Waals surface area (Å²) in [7, 11) is 2.25. The third-order valence-corrected chi connectivity index (χ3v) is 17.5. The molecule has 0 aromatic carbocycles. The normalized spacial score (nSPS) is 15.4. The molecule has 0 radical (unpaired) electrons. The van der Waals surface area contributed by atoms with Gasteiger partial charge in [-0.2, -0.15) is 0 Å². The zero-order chi connectivity index (χ0) is 64.2. The number of carbonyl (C=O) groups excluding carboxylic acids is 5. The van der Waals surface area contributed by atoms with E-state index in [0.717, 1.165) is 187 Å². The first-order valence-corrected chi connectivity index (χ1v) is 36.9. The van der Waals surface area contributed by atoms with E-state index in [9.17, 15) is 39.3 Å². The molecule has 1 fully saturated rings. The fourth-order valence-corrected chi connectivity index (χ4v) is 11.5. The number of nitrogens with zero attached hydrogens (tertiary/aromatic N) is 3. The zero-order valence-electron chi connectivity index (χ0n) is 57.3. The Morgan fingerprint density at radius 1 is 0.375 bits per heavy atom. The molecule has 16 heteroatoms. The molecule has 88 heavy (non-hydrogen) atoms. The molecular formula is C72H137N3O13. The Kier molecular flexibility index (Phi) is 58.2. The van der Waals surface area contributed by atoms with Crippen molar-refractivity contribution in [2.24, 2.45) is 0 Å².